The van der Waals surface area contributed by atoms with Gasteiger partial charge >= 0.3 is 0 Å². The van der Waals surface area contributed by atoms with E-state index in [0.29, 0.717) is 0 Å². The molecule has 0 amide bonds. The van der Waals surface area contributed by atoms with Crippen LogP contribution in [0.1, 0.15) is 54.7 Å². The van der Waals surface area contributed by atoms with Gasteiger partial charge in [-0.25, -0.2) is 0 Å². The third-order valence-electron chi connectivity index (χ3n) is 3.04. The summed E-state index contributed by atoms with van der Waals surface area (Å²) in [6, 6.07) is 4.67. The van der Waals surface area contributed by atoms with Gasteiger partial charge in [0, 0.05) is 9.75 Å². The number of thiophene rings is 1. The van der Waals surface area contributed by atoms with E-state index in [1.807, 2.05) is 11.3 Å². The van der Waals surface area contributed by atoms with Crippen LogP contribution in [0.25, 0.3) is 0 Å². The van der Waals surface area contributed by atoms with E-state index in [9.17, 15) is 0 Å². The molecule has 1 aliphatic carbocycles. The molecule has 1 heterocycles. The van der Waals surface area contributed by atoms with Crippen LogP contribution in [0.3, 0.4) is 0 Å². The van der Waals surface area contributed by atoms with Crippen LogP contribution in [0.4, 0.5) is 0 Å². The first-order valence-electron chi connectivity index (χ1n) is 5.48. The van der Waals surface area contributed by atoms with E-state index in [1.54, 1.807) is 9.75 Å². The fourth-order valence-corrected chi connectivity index (χ4v) is 3.31. The van der Waals surface area contributed by atoms with Crippen LogP contribution >= 0.6 is 11.3 Å². The Morgan fingerprint density at radius 1 is 1.23 bits per heavy atom. The zero-order valence-corrected chi connectivity index (χ0v) is 9.20. The lowest BCUT2D eigenvalue weighted by molar-refractivity contribution is 0.448. The Hall–Kier alpha value is -0.300. The predicted molar refractivity (Wildman–Crippen MR) is 59.5 cm³/mol. The molecule has 1 heteroatoms. The number of aryl methyl sites for hydroxylation is 1. The average Bonchev–Trinajstić information content (AvgIpc) is 2.67. The lowest BCUT2D eigenvalue weighted by Crippen LogP contribution is -2.02. The quantitative estimate of drug-likeness (QED) is 0.656. The van der Waals surface area contributed by atoms with Gasteiger partial charge in [0.25, 0.3) is 0 Å². The van der Waals surface area contributed by atoms with Crippen molar-refractivity contribution in [3.05, 3.63) is 21.9 Å². The zero-order chi connectivity index (χ0) is 9.10. The second-order valence-corrected chi connectivity index (χ2v) is 5.19. The Morgan fingerprint density at radius 2 is 2.00 bits per heavy atom. The summed E-state index contributed by atoms with van der Waals surface area (Å²) in [6.45, 7) is 2.25. The van der Waals surface area contributed by atoms with Gasteiger partial charge in [-0.05, 0) is 37.3 Å². The monoisotopic (exact) mass is 194 g/mol. The fraction of sp³-hybridized carbons (Fsp3) is 0.667. The fourth-order valence-electron chi connectivity index (χ4n) is 2.19. The molecule has 2 rings (SSSR count). The summed E-state index contributed by atoms with van der Waals surface area (Å²) in [5.41, 5.74) is 0. The molecule has 0 radical (unpaired) electrons. The van der Waals surface area contributed by atoms with Crippen molar-refractivity contribution in [2.45, 2.75) is 51.4 Å². The number of hydrogen-bond donors (Lipinski definition) is 0. The SMILES string of the molecule is CCc1ccc(C2CCCCC2)s1. The van der Waals surface area contributed by atoms with Crippen molar-refractivity contribution in [2.24, 2.45) is 0 Å². The average molecular weight is 194 g/mol. The van der Waals surface area contributed by atoms with Gasteiger partial charge in [-0.1, -0.05) is 26.2 Å². The Bertz CT molecular complexity index is 256. The van der Waals surface area contributed by atoms with E-state index in [4.69, 9.17) is 0 Å². The van der Waals surface area contributed by atoms with E-state index in [0.717, 1.165) is 5.92 Å². The highest BCUT2D eigenvalue weighted by molar-refractivity contribution is 7.12. The second-order valence-electron chi connectivity index (χ2n) is 3.99. The van der Waals surface area contributed by atoms with E-state index >= 15 is 0 Å². The number of hydrogen-bond acceptors (Lipinski definition) is 1. The lowest BCUT2D eigenvalue weighted by Gasteiger charge is -2.19. The van der Waals surface area contributed by atoms with Crippen molar-refractivity contribution >= 4 is 11.3 Å². The molecule has 1 fully saturated rings. The summed E-state index contributed by atoms with van der Waals surface area (Å²) in [7, 11) is 0. The van der Waals surface area contributed by atoms with Gasteiger partial charge in [0.15, 0.2) is 0 Å². The Labute approximate surface area is 85.0 Å². The summed E-state index contributed by atoms with van der Waals surface area (Å²) in [5.74, 6) is 0.902. The number of rotatable bonds is 2. The third-order valence-corrected chi connectivity index (χ3v) is 4.43. The minimum Gasteiger partial charge on any atom is -0.145 e. The van der Waals surface area contributed by atoms with Crippen molar-refractivity contribution < 1.29 is 0 Å². The van der Waals surface area contributed by atoms with E-state index in [-0.39, 0.29) is 0 Å². The van der Waals surface area contributed by atoms with Gasteiger partial charge < -0.3 is 0 Å². The predicted octanol–water partition coefficient (Wildman–Crippen LogP) is 4.36. The lowest BCUT2D eigenvalue weighted by atomic mass is 9.88. The molecule has 1 aromatic rings. The summed E-state index contributed by atoms with van der Waals surface area (Å²) in [4.78, 5) is 3.21. The molecule has 0 aromatic carbocycles. The molecule has 1 aromatic heterocycles. The summed E-state index contributed by atoms with van der Waals surface area (Å²) < 4.78 is 0. The van der Waals surface area contributed by atoms with E-state index in [1.165, 1.54) is 38.5 Å². The molecule has 72 valence electrons. The maximum atomic E-state index is 2.36. The minimum absolute atomic E-state index is 0.902. The Kier molecular flexibility index (Phi) is 3.05. The molecule has 0 saturated heterocycles. The maximum absolute atomic E-state index is 2.36. The van der Waals surface area contributed by atoms with Crippen molar-refractivity contribution in [3.63, 3.8) is 0 Å². The highest BCUT2D eigenvalue weighted by Crippen LogP contribution is 2.36. The maximum Gasteiger partial charge on any atom is 0.00791 e. The highest BCUT2D eigenvalue weighted by atomic mass is 32.1. The molecular weight excluding hydrogens is 176 g/mol. The van der Waals surface area contributed by atoms with Gasteiger partial charge in [0.2, 0.25) is 0 Å². The molecule has 0 aliphatic heterocycles. The first-order chi connectivity index (χ1) is 6.40. The van der Waals surface area contributed by atoms with Gasteiger partial charge in [-0.15, -0.1) is 11.3 Å². The first kappa shape index (κ1) is 9.26. The minimum atomic E-state index is 0.902. The Morgan fingerprint density at radius 3 is 2.62 bits per heavy atom. The summed E-state index contributed by atoms with van der Waals surface area (Å²) in [6.07, 6.45) is 8.43. The van der Waals surface area contributed by atoms with E-state index in [2.05, 4.69) is 19.1 Å². The first-order valence-corrected chi connectivity index (χ1v) is 6.30. The second kappa shape index (κ2) is 4.28. The zero-order valence-electron chi connectivity index (χ0n) is 8.38. The van der Waals surface area contributed by atoms with Crippen LogP contribution in [-0.4, -0.2) is 0 Å². The Balaban J connectivity index is 2.05. The molecule has 1 aliphatic rings. The molecule has 0 bridgehead atoms. The van der Waals surface area contributed by atoms with Gasteiger partial charge in [-0.3, -0.25) is 0 Å². The van der Waals surface area contributed by atoms with Crippen LogP contribution in [0, 0.1) is 0 Å². The summed E-state index contributed by atoms with van der Waals surface area (Å²) in [5, 5.41) is 0. The van der Waals surface area contributed by atoms with Crippen LogP contribution in [-0.2, 0) is 6.42 Å². The largest absolute Gasteiger partial charge is 0.145 e. The van der Waals surface area contributed by atoms with Crippen molar-refractivity contribution in [1.29, 1.82) is 0 Å². The van der Waals surface area contributed by atoms with Crippen molar-refractivity contribution in [1.82, 2.24) is 0 Å². The van der Waals surface area contributed by atoms with Crippen LogP contribution in [0.15, 0.2) is 12.1 Å². The molecular formula is C12H18S. The summed E-state index contributed by atoms with van der Waals surface area (Å²) >= 11 is 2.04. The van der Waals surface area contributed by atoms with Crippen LogP contribution in [0.2, 0.25) is 0 Å². The third kappa shape index (κ3) is 2.14. The van der Waals surface area contributed by atoms with Gasteiger partial charge in [0.05, 0.1) is 0 Å². The van der Waals surface area contributed by atoms with Crippen LogP contribution < -0.4 is 0 Å². The topological polar surface area (TPSA) is 0 Å². The smallest absolute Gasteiger partial charge is 0.00791 e. The van der Waals surface area contributed by atoms with Crippen molar-refractivity contribution in [2.75, 3.05) is 0 Å². The normalized spacial score (nSPS) is 19.2. The molecule has 13 heavy (non-hydrogen) atoms. The van der Waals surface area contributed by atoms with Gasteiger partial charge in [-0.2, -0.15) is 0 Å². The highest BCUT2D eigenvalue weighted by Gasteiger charge is 2.16. The molecule has 0 N–H and O–H groups in total. The van der Waals surface area contributed by atoms with Crippen molar-refractivity contribution in [3.8, 4) is 0 Å². The van der Waals surface area contributed by atoms with E-state index < -0.39 is 0 Å². The molecule has 0 spiro atoms. The van der Waals surface area contributed by atoms with Crippen LogP contribution in [0.5, 0.6) is 0 Å². The molecule has 0 nitrogen and oxygen atoms in total. The standard InChI is InChI=1S/C12H18S/c1-2-11-8-9-12(13-11)10-6-4-3-5-7-10/h8-10H,2-7H2,1H3. The molecule has 0 atom stereocenters. The molecule has 1 saturated carbocycles. The molecule has 0 unspecified atom stereocenters. The van der Waals surface area contributed by atoms with Gasteiger partial charge in [0.1, 0.15) is 0 Å².